The summed E-state index contributed by atoms with van der Waals surface area (Å²) in [5, 5.41) is 3.61. The van der Waals surface area contributed by atoms with Crippen molar-refractivity contribution in [2.24, 2.45) is 0 Å². The highest BCUT2D eigenvalue weighted by Gasteiger charge is 2.34. The monoisotopic (exact) mass is 607 g/mol. The van der Waals surface area contributed by atoms with Gasteiger partial charge in [-0.1, -0.05) is 78.7 Å². The maximum atomic E-state index is 14.7. The quantitative estimate of drug-likeness (QED) is 0.296. The fourth-order valence-corrected chi connectivity index (χ4v) is 5.40. The number of halogens is 3. The predicted molar refractivity (Wildman–Crippen MR) is 157 cm³/mol. The molecule has 0 saturated carbocycles. The van der Waals surface area contributed by atoms with Crippen LogP contribution in [0.3, 0.4) is 0 Å². The molecule has 0 aliphatic carbocycles. The van der Waals surface area contributed by atoms with Crippen LogP contribution in [0.5, 0.6) is 0 Å². The lowest BCUT2D eigenvalue weighted by molar-refractivity contribution is -0.140. The van der Waals surface area contributed by atoms with Crippen molar-refractivity contribution in [3.63, 3.8) is 0 Å². The van der Waals surface area contributed by atoms with Crippen LogP contribution in [0.4, 0.5) is 10.1 Å². The Kier molecular flexibility index (Phi) is 11.0. The van der Waals surface area contributed by atoms with Crippen LogP contribution in [0.15, 0.2) is 72.8 Å². The fourth-order valence-electron chi connectivity index (χ4n) is 4.08. The molecule has 3 aromatic rings. The Balaban J connectivity index is 2.10. The van der Waals surface area contributed by atoms with Gasteiger partial charge in [0.05, 0.1) is 11.9 Å². The van der Waals surface area contributed by atoms with Crippen LogP contribution < -0.4 is 9.62 Å². The van der Waals surface area contributed by atoms with Crippen molar-refractivity contribution < 1.29 is 22.4 Å². The number of nitrogens with one attached hydrogen (secondary N) is 1. The Morgan fingerprint density at radius 2 is 1.65 bits per heavy atom. The SMILES string of the molecule is CCC(C)NC(=O)C(Cc1ccccc1)N(Cc1ccc(Cl)cc1Cl)C(=O)CN(c1ccccc1F)S(C)(=O)=O. The van der Waals surface area contributed by atoms with Gasteiger partial charge in [0.15, 0.2) is 0 Å². The first kappa shape index (κ1) is 31.4. The normalized spacial score (nSPS) is 12.8. The van der Waals surface area contributed by atoms with Gasteiger partial charge in [0.25, 0.3) is 0 Å². The number of hydrogen-bond donors (Lipinski definition) is 1. The van der Waals surface area contributed by atoms with Crippen LogP contribution in [0, 0.1) is 5.82 Å². The summed E-state index contributed by atoms with van der Waals surface area (Å²) < 4.78 is 40.9. The minimum Gasteiger partial charge on any atom is -0.352 e. The molecule has 0 aliphatic rings. The van der Waals surface area contributed by atoms with Crippen LogP contribution in [0.2, 0.25) is 10.0 Å². The van der Waals surface area contributed by atoms with Crippen molar-refractivity contribution in [1.29, 1.82) is 0 Å². The maximum absolute atomic E-state index is 14.7. The molecule has 40 heavy (non-hydrogen) atoms. The van der Waals surface area contributed by atoms with Crippen LogP contribution in [-0.4, -0.2) is 50.0 Å². The fraction of sp³-hybridized carbons (Fsp3) is 0.310. The molecule has 11 heteroatoms. The second kappa shape index (κ2) is 14.0. The molecule has 0 saturated heterocycles. The van der Waals surface area contributed by atoms with Gasteiger partial charge in [0, 0.05) is 29.1 Å². The van der Waals surface area contributed by atoms with E-state index < -0.39 is 40.2 Å². The molecule has 2 amide bonds. The molecular weight excluding hydrogens is 576 g/mol. The summed E-state index contributed by atoms with van der Waals surface area (Å²) in [6, 6.07) is 18.0. The first-order valence-electron chi connectivity index (χ1n) is 12.7. The molecule has 0 radical (unpaired) electrons. The lowest BCUT2D eigenvalue weighted by atomic mass is 10.0. The second-order valence-corrected chi connectivity index (χ2v) is 12.3. The molecule has 3 rings (SSSR count). The first-order valence-corrected chi connectivity index (χ1v) is 15.3. The third-order valence-electron chi connectivity index (χ3n) is 6.43. The molecule has 2 atom stereocenters. The van der Waals surface area contributed by atoms with E-state index >= 15 is 0 Å². The summed E-state index contributed by atoms with van der Waals surface area (Å²) in [7, 11) is -4.08. The number of amides is 2. The molecule has 0 bridgehead atoms. The molecule has 2 unspecified atom stereocenters. The standard InChI is InChI=1S/C29H32Cl2FN3O4S/c1-4-20(2)33-29(37)27(16-21-10-6-5-7-11-21)34(18-22-14-15-23(30)17-24(22)31)28(36)19-35(40(3,38)39)26-13-9-8-12-25(26)32/h5-15,17,20,27H,4,16,18-19H2,1-3H3,(H,33,37). The van der Waals surface area contributed by atoms with Crippen LogP contribution in [0.1, 0.15) is 31.4 Å². The van der Waals surface area contributed by atoms with Gasteiger partial charge in [-0.05, 0) is 48.7 Å². The summed E-state index contributed by atoms with van der Waals surface area (Å²) >= 11 is 12.5. The number of nitrogens with zero attached hydrogens (tertiary/aromatic N) is 2. The van der Waals surface area contributed by atoms with Crippen molar-refractivity contribution >= 4 is 50.7 Å². The zero-order chi connectivity index (χ0) is 29.4. The zero-order valence-corrected chi connectivity index (χ0v) is 24.8. The summed E-state index contributed by atoms with van der Waals surface area (Å²) in [4.78, 5) is 28.9. The molecule has 0 fully saturated rings. The van der Waals surface area contributed by atoms with Gasteiger partial charge >= 0.3 is 0 Å². The Labute approximate surface area is 244 Å². The Hall–Kier alpha value is -3.14. The summed E-state index contributed by atoms with van der Waals surface area (Å²) in [5.41, 5.74) is 1.03. The van der Waals surface area contributed by atoms with E-state index in [0.717, 1.165) is 17.9 Å². The number of benzene rings is 3. The molecule has 3 aromatic carbocycles. The molecular formula is C29H32Cl2FN3O4S. The third kappa shape index (κ3) is 8.43. The van der Waals surface area contributed by atoms with Gasteiger partial charge in [-0.15, -0.1) is 0 Å². The van der Waals surface area contributed by atoms with Crippen molar-refractivity contribution in [1.82, 2.24) is 10.2 Å². The highest BCUT2D eigenvalue weighted by atomic mass is 35.5. The maximum Gasteiger partial charge on any atom is 0.244 e. The van der Waals surface area contributed by atoms with Gasteiger partial charge in [-0.3, -0.25) is 13.9 Å². The smallest absolute Gasteiger partial charge is 0.244 e. The van der Waals surface area contributed by atoms with Gasteiger partial charge in [-0.2, -0.15) is 0 Å². The van der Waals surface area contributed by atoms with E-state index in [1.807, 2.05) is 44.2 Å². The van der Waals surface area contributed by atoms with Crippen molar-refractivity contribution in [2.45, 2.75) is 45.3 Å². The molecule has 0 aromatic heterocycles. The number of carbonyl (C=O) groups excluding carboxylic acids is 2. The molecule has 0 aliphatic heterocycles. The topological polar surface area (TPSA) is 86.8 Å². The number of carbonyl (C=O) groups is 2. The third-order valence-corrected chi connectivity index (χ3v) is 8.14. The molecule has 0 spiro atoms. The van der Waals surface area contributed by atoms with Gasteiger partial charge in [0.2, 0.25) is 21.8 Å². The Morgan fingerprint density at radius 1 is 1.00 bits per heavy atom. The number of rotatable bonds is 12. The highest BCUT2D eigenvalue weighted by molar-refractivity contribution is 7.92. The Bertz CT molecular complexity index is 1440. The van der Waals surface area contributed by atoms with Crippen LogP contribution in [0.25, 0.3) is 0 Å². The summed E-state index contributed by atoms with van der Waals surface area (Å²) in [5.74, 6) is -1.92. The number of sulfonamides is 1. The van der Waals surface area contributed by atoms with Gasteiger partial charge in [0.1, 0.15) is 18.4 Å². The average Bonchev–Trinajstić information content (AvgIpc) is 2.90. The van der Waals surface area contributed by atoms with E-state index in [-0.39, 0.29) is 29.7 Å². The summed E-state index contributed by atoms with van der Waals surface area (Å²) in [6.45, 7) is 2.93. The Morgan fingerprint density at radius 3 is 2.25 bits per heavy atom. The predicted octanol–water partition coefficient (Wildman–Crippen LogP) is 5.45. The number of hydrogen-bond acceptors (Lipinski definition) is 4. The van der Waals surface area contributed by atoms with E-state index in [0.29, 0.717) is 21.3 Å². The largest absolute Gasteiger partial charge is 0.352 e. The lowest BCUT2D eigenvalue weighted by Crippen LogP contribution is -2.54. The van der Waals surface area contributed by atoms with Crippen molar-refractivity contribution in [3.05, 3.63) is 99.8 Å². The highest BCUT2D eigenvalue weighted by Crippen LogP contribution is 2.26. The van der Waals surface area contributed by atoms with E-state index in [1.165, 1.54) is 29.2 Å². The molecule has 214 valence electrons. The van der Waals surface area contributed by atoms with Gasteiger partial charge < -0.3 is 10.2 Å². The van der Waals surface area contributed by atoms with E-state index in [4.69, 9.17) is 23.2 Å². The second-order valence-electron chi connectivity index (χ2n) is 9.50. The lowest BCUT2D eigenvalue weighted by Gasteiger charge is -2.34. The van der Waals surface area contributed by atoms with Crippen LogP contribution in [-0.2, 0) is 32.6 Å². The summed E-state index contributed by atoms with van der Waals surface area (Å²) in [6.07, 6.45) is 1.71. The van der Waals surface area contributed by atoms with Gasteiger partial charge in [-0.25, -0.2) is 12.8 Å². The minimum absolute atomic E-state index is 0.116. The van der Waals surface area contributed by atoms with E-state index in [1.54, 1.807) is 12.1 Å². The van der Waals surface area contributed by atoms with E-state index in [2.05, 4.69) is 5.32 Å². The zero-order valence-electron chi connectivity index (χ0n) is 22.5. The van der Waals surface area contributed by atoms with Crippen molar-refractivity contribution in [2.75, 3.05) is 17.1 Å². The van der Waals surface area contributed by atoms with Crippen LogP contribution >= 0.6 is 23.2 Å². The average molecular weight is 609 g/mol. The molecule has 0 heterocycles. The number of anilines is 1. The van der Waals surface area contributed by atoms with E-state index in [9.17, 15) is 22.4 Å². The number of para-hydroxylation sites is 1. The molecule has 7 nitrogen and oxygen atoms in total. The minimum atomic E-state index is -4.08. The molecule has 1 N–H and O–H groups in total. The van der Waals surface area contributed by atoms with Crippen molar-refractivity contribution in [3.8, 4) is 0 Å². The first-order chi connectivity index (χ1) is 18.9.